The molecule has 0 fully saturated rings. The third-order valence-electron chi connectivity index (χ3n) is 2.49. The van der Waals surface area contributed by atoms with Crippen LogP contribution in [-0.2, 0) is 0 Å². The highest BCUT2D eigenvalue weighted by Crippen LogP contribution is 2.28. The Kier molecular flexibility index (Phi) is 4.14. The van der Waals surface area contributed by atoms with Crippen LogP contribution < -0.4 is 0 Å². The summed E-state index contributed by atoms with van der Waals surface area (Å²) in [4.78, 5) is 12.2. The summed E-state index contributed by atoms with van der Waals surface area (Å²) in [6, 6.07) is 7.67. The van der Waals surface area contributed by atoms with Crippen LogP contribution in [0.25, 0.3) is 0 Å². The molecule has 0 spiro atoms. The second kappa shape index (κ2) is 5.63. The molecule has 1 heterocycles. The van der Waals surface area contributed by atoms with E-state index in [0.29, 0.717) is 0 Å². The van der Waals surface area contributed by atoms with Crippen LogP contribution in [0.2, 0.25) is 0 Å². The second-order valence-electron chi connectivity index (χ2n) is 4.08. The molecule has 2 rings (SSSR count). The first-order valence-corrected chi connectivity index (χ1v) is 7.33. The van der Waals surface area contributed by atoms with Crippen molar-refractivity contribution in [1.82, 2.24) is 10.2 Å². The van der Waals surface area contributed by atoms with Crippen LogP contribution in [0, 0.1) is 13.8 Å². The van der Waals surface area contributed by atoms with E-state index in [2.05, 4.69) is 10.2 Å². The van der Waals surface area contributed by atoms with Crippen LogP contribution >= 0.6 is 23.1 Å². The molecule has 0 aliphatic heterocycles. The number of hydrogen-bond acceptors (Lipinski definition) is 5. The molecule has 0 amide bonds. The average molecular weight is 278 g/mol. The molecule has 0 aliphatic rings. The average Bonchev–Trinajstić information content (AvgIpc) is 2.75. The van der Waals surface area contributed by atoms with Crippen LogP contribution in [-0.4, -0.2) is 21.2 Å². The van der Waals surface area contributed by atoms with Gasteiger partial charge in [-0.15, -0.1) is 10.2 Å². The maximum Gasteiger partial charge on any atom is 0.175 e. The van der Waals surface area contributed by atoms with Gasteiger partial charge in [-0.05, 0) is 20.8 Å². The topological polar surface area (TPSA) is 42.9 Å². The number of thioether (sulfide) groups is 1. The van der Waals surface area contributed by atoms with E-state index in [4.69, 9.17) is 0 Å². The summed E-state index contributed by atoms with van der Waals surface area (Å²) in [5, 5.41) is 8.76. The molecule has 0 saturated heterocycles. The summed E-state index contributed by atoms with van der Waals surface area (Å²) < 4.78 is 0.848. The van der Waals surface area contributed by atoms with Gasteiger partial charge in [0.15, 0.2) is 10.1 Å². The molecule has 18 heavy (non-hydrogen) atoms. The molecule has 5 heteroatoms. The number of nitrogens with zero attached hydrogens (tertiary/aromatic N) is 2. The van der Waals surface area contributed by atoms with Gasteiger partial charge in [0.1, 0.15) is 5.01 Å². The van der Waals surface area contributed by atoms with Crippen molar-refractivity contribution in [3.63, 3.8) is 0 Å². The number of carbonyl (C=O) groups excluding carboxylic acids is 1. The SMILES string of the molecule is Cc1ccc(C(=O)C(C)Sc2nnc(C)s2)cc1. The maximum absolute atomic E-state index is 12.2. The van der Waals surface area contributed by atoms with Crippen molar-refractivity contribution in [2.75, 3.05) is 0 Å². The van der Waals surface area contributed by atoms with Crippen molar-refractivity contribution in [3.8, 4) is 0 Å². The zero-order valence-corrected chi connectivity index (χ0v) is 12.1. The smallest absolute Gasteiger partial charge is 0.175 e. The molecule has 1 aromatic carbocycles. The van der Waals surface area contributed by atoms with Gasteiger partial charge >= 0.3 is 0 Å². The fraction of sp³-hybridized carbons (Fsp3) is 0.308. The Bertz CT molecular complexity index is 548. The van der Waals surface area contributed by atoms with Crippen molar-refractivity contribution >= 4 is 28.9 Å². The number of rotatable bonds is 4. The van der Waals surface area contributed by atoms with Crippen LogP contribution in [0.3, 0.4) is 0 Å². The lowest BCUT2D eigenvalue weighted by molar-refractivity contribution is 0.0994. The van der Waals surface area contributed by atoms with Gasteiger partial charge in [0.2, 0.25) is 0 Å². The summed E-state index contributed by atoms with van der Waals surface area (Å²) in [5.74, 6) is 0.132. The predicted molar refractivity (Wildman–Crippen MR) is 75.5 cm³/mol. The molecular weight excluding hydrogens is 264 g/mol. The number of ketones is 1. The van der Waals surface area contributed by atoms with Crippen LogP contribution in [0.15, 0.2) is 28.6 Å². The second-order valence-corrected chi connectivity index (χ2v) is 6.85. The van der Waals surface area contributed by atoms with Crippen molar-refractivity contribution in [1.29, 1.82) is 0 Å². The number of aromatic nitrogens is 2. The third kappa shape index (κ3) is 3.17. The molecular formula is C13H14N2OS2. The van der Waals surface area contributed by atoms with E-state index < -0.39 is 0 Å². The Morgan fingerprint density at radius 1 is 1.22 bits per heavy atom. The fourth-order valence-electron chi connectivity index (χ4n) is 1.48. The van der Waals surface area contributed by atoms with Crippen molar-refractivity contribution in [2.45, 2.75) is 30.4 Å². The minimum absolute atomic E-state index is 0.132. The van der Waals surface area contributed by atoms with Gasteiger partial charge in [0.05, 0.1) is 5.25 Å². The van der Waals surface area contributed by atoms with Gasteiger partial charge in [0, 0.05) is 5.56 Å². The van der Waals surface area contributed by atoms with Crippen molar-refractivity contribution in [3.05, 3.63) is 40.4 Å². The Morgan fingerprint density at radius 2 is 1.89 bits per heavy atom. The Hall–Kier alpha value is -1.20. The first kappa shape index (κ1) is 13.2. The largest absolute Gasteiger partial charge is 0.293 e. The van der Waals surface area contributed by atoms with Gasteiger partial charge in [-0.2, -0.15) is 0 Å². The summed E-state index contributed by atoms with van der Waals surface area (Å²) in [6.07, 6.45) is 0. The van der Waals surface area contributed by atoms with Gasteiger partial charge < -0.3 is 0 Å². The maximum atomic E-state index is 12.2. The molecule has 2 aromatic rings. The zero-order chi connectivity index (χ0) is 13.1. The normalized spacial score (nSPS) is 12.4. The highest BCUT2D eigenvalue weighted by molar-refractivity contribution is 8.02. The van der Waals surface area contributed by atoms with Crippen LogP contribution in [0.1, 0.15) is 27.9 Å². The summed E-state index contributed by atoms with van der Waals surface area (Å²) in [6.45, 7) is 5.83. The monoisotopic (exact) mass is 278 g/mol. The molecule has 0 bridgehead atoms. The van der Waals surface area contributed by atoms with E-state index in [9.17, 15) is 4.79 Å². The number of aryl methyl sites for hydroxylation is 2. The molecule has 0 radical (unpaired) electrons. The van der Waals surface area contributed by atoms with Crippen molar-refractivity contribution in [2.24, 2.45) is 0 Å². The van der Waals surface area contributed by atoms with Gasteiger partial charge in [-0.3, -0.25) is 4.79 Å². The lowest BCUT2D eigenvalue weighted by Gasteiger charge is -2.07. The molecule has 0 saturated carbocycles. The number of benzene rings is 1. The minimum atomic E-state index is -0.139. The van der Waals surface area contributed by atoms with E-state index in [-0.39, 0.29) is 11.0 Å². The van der Waals surface area contributed by atoms with Crippen molar-refractivity contribution < 1.29 is 4.79 Å². The van der Waals surface area contributed by atoms with Gasteiger partial charge in [-0.1, -0.05) is 52.9 Å². The van der Waals surface area contributed by atoms with Gasteiger partial charge in [0.25, 0.3) is 0 Å². The predicted octanol–water partition coefficient (Wildman–Crippen LogP) is 3.52. The fourth-order valence-corrected chi connectivity index (χ4v) is 3.52. The number of carbonyl (C=O) groups is 1. The van der Waals surface area contributed by atoms with E-state index >= 15 is 0 Å². The van der Waals surface area contributed by atoms with E-state index in [0.717, 1.165) is 20.5 Å². The molecule has 1 atom stereocenters. The molecule has 1 aromatic heterocycles. The van der Waals surface area contributed by atoms with Crippen LogP contribution in [0.5, 0.6) is 0 Å². The zero-order valence-electron chi connectivity index (χ0n) is 10.5. The molecule has 0 aliphatic carbocycles. The Balaban J connectivity index is 2.07. The number of Topliss-reactive ketones (excluding diaryl/α,β-unsaturated/α-hetero) is 1. The van der Waals surface area contributed by atoms with E-state index in [1.54, 1.807) is 0 Å². The van der Waals surface area contributed by atoms with E-state index in [1.807, 2.05) is 45.0 Å². The lowest BCUT2D eigenvalue weighted by atomic mass is 10.1. The number of hydrogen-bond donors (Lipinski definition) is 0. The summed E-state index contributed by atoms with van der Waals surface area (Å²) >= 11 is 2.99. The highest BCUT2D eigenvalue weighted by Gasteiger charge is 2.18. The first-order chi connectivity index (χ1) is 8.56. The van der Waals surface area contributed by atoms with Crippen LogP contribution in [0.4, 0.5) is 0 Å². The van der Waals surface area contributed by atoms with E-state index in [1.165, 1.54) is 23.1 Å². The highest BCUT2D eigenvalue weighted by atomic mass is 32.2. The standard InChI is InChI=1S/C13H14N2OS2/c1-8-4-6-11(7-5-8)12(16)9(2)17-13-15-14-10(3)18-13/h4-7,9H,1-3H3. The first-order valence-electron chi connectivity index (χ1n) is 5.64. The Morgan fingerprint density at radius 3 is 2.44 bits per heavy atom. The molecule has 3 nitrogen and oxygen atoms in total. The molecule has 0 N–H and O–H groups in total. The third-order valence-corrected chi connectivity index (χ3v) is 4.51. The Labute approximate surface area is 115 Å². The molecule has 94 valence electrons. The van der Waals surface area contributed by atoms with Gasteiger partial charge in [-0.25, -0.2) is 0 Å². The summed E-state index contributed by atoms with van der Waals surface area (Å²) in [7, 11) is 0. The summed E-state index contributed by atoms with van der Waals surface area (Å²) in [5.41, 5.74) is 1.91. The molecule has 1 unspecified atom stereocenters. The minimum Gasteiger partial charge on any atom is -0.293 e. The quantitative estimate of drug-likeness (QED) is 0.634. The lowest BCUT2D eigenvalue weighted by Crippen LogP contribution is -2.13.